The van der Waals surface area contributed by atoms with Gasteiger partial charge in [0.05, 0.1) is 12.0 Å². The number of aromatic nitrogens is 2. The van der Waals surface area contributed by atoms with Crippen molar-refractivity contribution in [1.29, 1.82) is 0 Å². The van der Waals surface area contributed by atoms with Crippen LogP contribution in [0.2, 0.25) is 0 Å². The molecule has 0 bridgehead atoms. The summed E-state index contributed by atoms with van der Waals surface area (Å²) in [6.45, 7) is 0. The molecule has 1 aromatic carbocycles. The van der Waals surface area contributed by atoms with E-state index >= 15 is 0 Å². The molecule has 2 aromatic heterocycles. The Kier molecular flexibility index (Phi) is 2.19. The van der Waals surface area contributed by atoms with E-state index < -0.39 is 5.97 Å². The van der Waals surface area contributed by atoms with Gasteiger partial charge in [-0.2, -0.15) is 5.10 Å². The van der Waals surface area contributed by atoms with Gasteiger partial charge >= 0.3 is 5.97 Å². The number of carboxylic acids is 1. The highest BCUT2D eigenvalue weighted by molar-refractivity contribution is 5.88. The maximum Gasteiger partial charge on any atom is 0.354 e. The summed E-state index contributed by atoms with van der Waals surface area (Å²) >= 11 is 0. The number of rotatable bonds is 2. The van der Waals surface area contributed by atoms with Gasteiger partial charge in [-0.15, -0.1) is 0 Å². The van der Waals surface area contributed by atoms with E-state index in [-0.39, 0.29) is 5.69 Å². The van der Waals surface area contributed by atoms with Crippen LogP contribution in [0.1, 0.15) is 10.5 Å². The largest absolute Gasteiger partial charge is 0.477 e. The average Bonchev–Trinajstić information content (AvgIpc) is 2.93. The lowest BCUT2D eigenvalue weighted by atomic mass is 10.1. The third-order valence-corrected chi connectivity index (χ3v) is 2.85. The van der Waals surface area contributed by atoms with Crippen molar-refractivity contribution in [3.63, 3.8) is 0 Å². The summed E-state index contributed by atoms with van der Waals surface area (Å²) in [6, 6.07) is 9.05. The number of hydrogen-bond acceptors (Lipinski definition) is 3. The monoisotopic (exact) mass is 242 g/mol. The van der Waals surface area contributed by atoms with Crippen LogP contribution in [0, 0.1) is 0 Å². The topological polar surface area (TPSA) is 68.3 Å². The molecule has 0 unspecified atom stereocenters. The van der Waals surface area contributed by atoms with E-state index in [1.54, 1.807) is 19.4 Å². The minimum Gasteiger partial charge on any atom is -0.477 e. The lowest BCUT2D eigenvalue weighted by Gasteiger charge is -1.96. The number of hydrogen-bond donors (Lipinski definition) is 1. The number of aryl methyl sites for hydroxylation is 1. The molecule has 90 valence electrons. The summed E-state index contributed by atoms with van der Waals surface area (Å²) in [6.07, 6.45) is 1.62. The zero-order valence-corrected chi connectivity index (χ0v) is 9.62. The molecule has 0 aliphatic rings. The third-order valence-electron chi connectivity index (χ3n) is 2.85. The number of aromatic carboxylic acids is 1. The summed E-state index contributed by atoms with van der Waals surface area (Å²) in [5.74, 6) is -0.986. The van der Waals surface area contributed by atoms with E-state index in [0.29, 0.717) is 5.69 Å². The van der Waals surface area contributed by atoms with Crippen molar-refractivity contribution < 1.29 is 14.3 Å². The first-order valence-corrected chi connectivity index (χ1v) is 5.40. The van der Waals surface area contributed by atoms with E-state index in [0.717, 1.165) is 16.5 Å². The zero-order chi connectivity index (χ0) is 12.7. The molecule has 18 heavy (non-hydrogen) atoms. The van der Waals surface area contributed by atoms with Crippen molar-refractivity contribution >= 4 is 16.9 Å². The smallest absolute Gasteiger partial charge is 0.354 e. The van der Waals surface area contributed by atoms with Crippen molar-refractivity contribution in [2.24, 2.45) is 7.05 Å². The second-order valence-electron chi connectivity index (χ2n) is 4.02. The second-order valence-corrected chi connectivity index (χ2v) is 4.02. The van der Waals surface area contributed by atoms with E-state index in [4.69, 9.17) is 9.52 Å². The van der Waals surface area contributed by atoms with Crippen LogP contribution in [-0.2, 0) is 7.05 Å². The molecule has 3 rings (SSSR count). The molecule has 5 heteroatoms. The molecule has 0 amide bonds. The van der Waals surface area contributed by atoms with Crippen molar-refractivity contribution in [2.45, 2.75) is 0 Å². The Hall–Kier alpha value is -2.56. The number of furan rings is 1. The van der Waals surface area contributed by atoms with Gasteiger partial charge in [0.15, 0.2) is 0 Å². The number of nitrogens with zero attached hydrogens (tertiary/aromatic N) is 2. The fraction of sp³-hybridized carbons (Fsp3) is 0.0769. The number of fused-ring (bicyclic) bond motifs is 1. The molecular weight excluding hydrogens is 232 g/mol. The van der Waals surface area contributed by atoms with Crippen LogP contribution in [0.4, 0.5) is 0 Å². The molecule has 0 atom stereocenters. The van der Waals surface area contributed by atoms with Gasteiger partial charge in [-0.1, -0.05) is 0 Å². The predicted octanol–water partition coefficient (Wildman–Crippen LogP) is 2.53. The summed E-state index contributed by atoms with van der Waals surface area (Å²) < 4.78 is 6.61. The van der Waals surface area contributed by atoms with E-state index in [1.165, 1.54) is 4.68 Å². The molecule has 0 saturated heterocycles. The molecule has 0 aliphatic carbocycles. The fourth-order valence-corrected chi connectivity index (χ4v) is 1.93. The standard InChI is InChI=1S/C13H10N2O3/c1-15-11(13(16)17)7-10(14-15)8-2-3-12-9(6-8)4-5-18-12/h2-7H,1H3,(H,16,17). The lowest BCUT2D eigenvalue weighted by molar-refractivity contribution is 0.0685. The van der Waals surface area contributed by atoms with Gasteiger partial charge in [-0.05, 0) is 30.3 Å². The van der Waals surface area contributed by atoms with E-state index in [9.17, 15) is 4.79 Å². The van der Waals surface area contributed by atoms with E-state index in [1.807, 2.05) is 24.3 Å². The summed E-state index contributed by atoms with van der Waals surface area (Å²) in [5, 5.41) is 14.2. The van der Waals surface area contributed by atoms with Crippen molar-refractivity contribution in [1.82, 2.24) is 9.78 Å². The molecule has 0 saturated carbocycles. The maximum atomic E-state index is 11.0. The van der Waals surface area contributed by atoms with Gasteiger partial charge in [-0.3, -0.25) is 4.68 Å². The Morgan fingerprint density at radius 2 is 2.17 bits per heavy atom. The lowest BCUT2D eigenvalue weighted by Crippen LogP contribution is -2.04. The molecular formula is C13H10N2O3. The molecule has 0 radical (unpaired) electrons. The average molecular weight is 242 g/mol. The zero-order valence-electron chi connectivity index (χ0n) is 9.62. The minimum absolute atomic E-state index is 0.164. The number of carbonyl (C=O) groups is 1. The highest BCUT2D eigenvalue weighted by Gasteiger charge is 2.13. The minimum atomic E-state index is -0.986. The van der Waals surface area contributed by atoms with Crippen molar-refractivity contribution in [3.05, 3.63) is 42.3 Å². The highest BCUT2D eigenvalue weighted by Crippen LogP contribution is 2.24. The van der Waals surface area contributed by atoms with Gasteiger partial charge in [-0.25, -0.2) is 4.79 Å². The van der Waals surface area contributed by atoms with Crippen LogP contribution < -0.4 is 0 Å². The van der Waals surface area contributed by atoms with Crippen LogP contribution in [0.25, 0.3) is 22.2 Å². The van der Waals surface area contributed by atoms with Crippen LogP contribution in [-0.4, -0.2) is 20.9 Å². The summed E-state index contributed by atoms with van der Waals surface area (Å²) in [4.78, 5) is 11.0. The molecule has 0 spiro atoms. The van der Waals surface area contributed by atoms with Gasteiger partial charge in [0.2, 0.25) is 0 Å². The van der Waals surface area contributed by atoms with Crippen molar-refractivity contribution in [3.8, 4) is 11.3 Å². The summed E-state index contributed by atoms with van der Waals surface area (Å²) in [7, 11) is 1.61. The maximum absolute atomic E-state index is 11.0. The Labute approximate surface area is 102 Å². The van der Waals surface area contributed by atoms with Crippen LogP contribution >= 0.6 is 0 Å². The fourth-order valence-electron chi connectivity index (χ4n) is 1.93. The molecule has 2 heterocycles. The van der Waals surface area contributed by atoms with Gasteiger partial charge in [0.1, 0.15) is 11.3 Å². The van der Waals surface area contributed by atoms with Crippen LogP contribution in [0.15, 0.2) is 41.0 Å². The Balaban J connectivity index is 2.13. The molecule has 1 N–H and O–H groups in total. The molecule has 5 nitrogen and oxygen atoms in total. The van der Waals surface area contributed by atoms with Crippen molar-refractivity contribution in [2.75, 3.05) is 0 Å². The van der Waals surface area contributed by atoms with Gasteiger partial charge < -0.3 is 9.52 Å². The van der Waals surface area contributed by atoms with E-state index in [2.05, 4.69) is 5.10 Å². The quantitative estimate of drug-likeness (QED) is 0.749. The molecule has 0 aliphatic heterocycles. The normalized spacial score (nSPS) is 10.9. The van der Waals surface area contributed by atoms with Gasteiger partial charge in [0.25, 0.3) is 0 Å². The molecule has 3 aromatic rings. The first-order valence-electron chi connectivity index (χ1n) is 5.40. The second kappa shape index (κ2) is 3.73. The Morgan fingerprint density at radius 1 is 1.33 bits per heavy atom. The Morgan fingerprint density at radius 3 is 2.89 bits per heavy atom. The first-order chi connectivity index (χ1) is 8.65. The number of benzene rings is 1. The van der Waals surface area contributed by atoms with Crippen LogP contribution in [0.3, 0.4) is 0 Å². The van der Waals surface area contributed by atoms with Crippen LogP contribution in [0.5, 0.6) is 0 Å². The first kappa shape index (κ1) is 10.6. The summed E-state index contributed by atoms with van der Waals surface area (Å²) in [5.41, 5.74) is 2.47. The Bertz CT molecular complexity index is 740. The van der Waals surface area contributed by atoms with Gasteiger partial charge in [0, 0.05) is 18.0 Å². The predicted molar refractivity (Wildman–Crippen MR) is 65.4 cm³/mol. The SMILES string of the molecule is Cn1nc(-c2ccc3occc3c2)cc1C(=O)O. The number of carboxylic acid groups (broad SMARTS) is 1. The molecule has 0 fully saturated rings. The highest BCUT2D eigenvalue weighted by atomic mass is 16.4. The third kappa shape index (κ3) is 1.57.